The Morgan fingerprint density at radius 1 is 1.25 bits per heavy atom. The first-order chi connectivity index (χ1) is 7.65. The minimum Gasteiger partial charge on any atom is -0.378 e. The van der Waals surface area contributed by atoms with Crippen molar-refractivity contribution < 1.29 is 0 Å². The van der Waals surface area contributed by atoms with Crippen LogP contribution in [0.4, 0.5) is 5.69 Å². The molecule has 84 valence electrons. The van der Waals surface area contributed by atoms with E-state index < -0.39 is 0 Å². The molecule has 0 spiro atoms. The van der Waals surface area contributed by atoms with Gasteiger partial charge in [-0.15, -0.1) is 11.3 Å². The Hall–Kier alpha value is -0.800. The van der Waals surface area contributed by atoms with Crippen LogP contribution in [0.5, 0.6) is 0 Å². The highest BCUT2D eigenvalue weighted by Crippen LogP contribution is 2.26. The summed E-state index contributed by atoms with van der Waals surface area (Å²) in [7, 11) is 0. The van der Waals surface area contributed by atoms with Crippen LogP contribution in [0.2, 0.25) is 0 Å². The largest absolute Gasteiger partial charge is 0.378 e. The fourth-order valence-corrected chi connectivity index (χ4v) is 2.86. The number of nitrogens with one attached hydrogen (secondary N) is 1. The molecule has 1 aromatic heterocycles. The summed E-state index contributed by atoms with van der Waals surface area (Å²) in [6, 6.07) is 13.0. The van der Waals surface area contributed by atoms with Crippen LogP contribution >= 0.6 is 27.3 Å². The third-order valence-corrected chi connectivity index (χ3v) is 4.07. The second-order valence-corrected chi connectivity index (χ2v) is 6.06. The molecule has 0 saturated carbocycles. The minimum absolute atomic E-state index is 0.355. The lowest BCUT2D eigenvalue weighted by atomic mass is 10.2. The summed E-state index contributed by atoms with van der Waals surface area (Å²) in [5, 5.41) is 3.49. The average molecular weight is 296 g/mol. The first kappa shape index (κ1) is 11.7. The number of rotatable bonds is 3. The maximum atomic E-state index is 3.49. The normalized spacial score (nSPS) is 12.4. The maximum Gasteiger partial charge on any atom is 0.0578 e. The SMILES string of the molecule is Cc1ccc(C(C)Nc2cccc(Br)c2)s1. The van der Waals surface area contributed by atoms with Gasteiger partial charge in [0, 0.05) is 19.9 Å². The van der Waals surface area contributed by atoms with Gasteiger partial charge in [0.1, 0.15) is 0 Å². The van der Waals surface area contributed by atoms with Crippen molar-refractivity contribution in [3.05, 3.63) is 50.6 Å². The van der Waals surface area contributed by atoms with Crippen LogP contribution in [0.3, 0.4) is 0 Å². The van der Waals surface area contributed by atoms with E-state index in [1.165, 1.54) is 9.75 Å². The molecular weight excluding hydrogens is 282 g/mol. The standard InChI is InChI=1S/C13H14BrNS/c1-9-6-7-13(16-9)10(2)15-12-5-3-4-11(14)8-12/h3-8,10,15H,1-2H3. The molecule has 0 amide bonds. The van der Waals surface area contributed by atoms with Gasteiger partial charge in [-0.2, -0.15) is 0 Å². The lowest BCUT2D eigenvalue weighted by molar-refractivity contribution is 0.908. The fourth-order valence-electron chi connectivity index (χ4n) is 1.59. The molecule has 1 unspecified atom stereocenters. The minimum atomic E-state index is 0.355. The lowest BCUT2D eigenvalue weighted by Gasteiger charge is -2.13. The Morgan fingerprint density at radius 3 is 2.69 bits per heavy atom. The van der Waals surface area contributed by atoms with E-state index in [-0.39, 0.29) is 0 Å². The lowest BCUT2D eigenvalue weighted by Crippen LogP contribution is -2.04. The molecule has 0 bridgehead atoms. The maximum absolute atomic E-state index is 3.49. The number of benzene rings is 1. The first-order valence-corrected chi connectivity index (χ1v) is 6.84. The molecule has 0 saturated heterocycles. The van der Waals surface area contributed by atoms with Crippen molar-refractivity contribution in [3.63, 3.8) is 0 Å². The molecule has 1 N–H and O–H groups in total. The molecule has 0 aliphatic rings. The van der Waals surface area contributed by atoms with Crippen molar-refractivity contribution in [2.24, 2.45) is 0 Å². The number of aryl methyl sites for hydroxylation is 1. The number of anilines is 1. The van der Waals surface area contributed by atoms with Gasteiger partial charge in [-0.25, -0.2) is 0 Å². The molecule has 3 heteroatoms. The third kappa shape index (κ3) is 2.86. The molecule has 0 radical (unpaired) electrons. The van der Waals surface area contributed by atoms with Crippen LogP contribution in [-0.2, 0) is 0 Å². The molecule has 1 atom stereocenters. The highest BCUT2D eigenvalue weighted by atomic mass is 79.9. The van der Waals surface area contributed by atoms with Gasteiger partial charge in [0.15, 0.2) is 0 Å². The summed E-state index contributed by atoms with van der Waals surface area (Å²) >= 11 is 5.32. The number of thiophene rings is 1. The molecule has 0 aliphatic carbocycles. The van der Waals surface area contributed by atoms with E-state index in [0.29, 0.717) is 6.04 Å². The van der Waals surface area contributed by atoms with Crippen molar-refractivity contribution in [2.75, 3.05) is 5.32 Å². The Morgan fingerprint density at radius 2 is 2.06 bits per heavy atom. The van der Waals surface area contributed by atoms with Gasteiger partial charge in [0.05, 0.1) is 6.04 Å². The molecule has 2 rings (SSSR count). The third-order valence-electron chi connectivity index (χ3n) is 2.40. The molecule has 1 nitrogen and oxygen atoms in total. The van der Waals surface area contributed by atoms with Gasteiger partial charge in [-0.1, -0.05) is 22.0 Å². The summed E-state index contributed by atoms with van der Waals surface area (Å²) in [4.78, 5) is 2.73. The Labute approximate surface area is 109 Å². The molecule has 16 heavy (non-hydrogen) atoms. The van der Waals surface area contributed by atoms with Gasteiger partial charge >= 0.3 is 0 Å². The number of hydrogen-bond acceptors (Lipinski definition) is 2. The van der Waals surface area contributed by atoms with Gasteiger partial charge in [0.2, 0.25) is 0 Å². The Bertz CT molecular complexity index is 478. The molecule has 0 fully saturated rings. The summed E-state index contributed by atoms with van der Waals surface area (Å²) in [6.45, 7) is 4.33. The van der Waals surface area contributed by atoms with E-state index in [9.17, 15) is 0 Å². The van der Waals surface area contributed by atoms with Gasteiger partial charge in [-0.3, -0.25) is 0 Å². The van der Waals surface area contributed by atoms with Crippen molar-refractivity contribution in [1.82, 2.24) is 0 Å². The van der Waals surface area contributed by atoms with Crippen LogP contribution in [0.25, 0.3) is 0 Å². The summed E-state index contributed by atoms with van der Waals surface area (Å²) in [5.41, 5.74) is 1.15. The highest BCUT2D eigenvalue weighted by molar-refractivity contribution is 9.10. The van der Waals surface area contributed by atoms with Crippen molar-refractivity contribution in [1.29, 1.82) is 0 Å². The Kier molecular flexibility index (Phi) is 3.66. The average Bonchev–Trinajstić information content (AvgIpc) is 2.65. The molecular formula is C13H14BrNS. The van der Waals surface area contributed by atoms with E-state index in [2.05, 4.69) is 59.4 Å². The van der Waals surface area contributed by atoms with Crippen molar-refractivity contribution in [3.8, 4) is 0 Å². The molecule has 0 aliphatic heterocycles. The second-order valence-electron chi connectivity index (χ2n) is 3.82. The van der Waals surface area contributed by atoms with E-state index >= 15 is 0 Å². The monoisotopic (exact) mass is 295 g/mol. The fraction of sp³-hybridized carbons (Fsp3) is 0.231. The van der Waals surface area contributed by atoms with Crippen LogP contribution < -0.4 is 5.32 Å². The summed E-state index contributed by atoms with van der Waals surface area (Å²) in [5.74, 6) is 0. The highest BCUT2D eigenvalue weighted by Gasteiger charge is 2.07. The Balaban J connectivity index is 2.10. The first-order valence-electron chi connectivity index (χ1n) is 5.23. The van der Waals surface area contributed by atoms with E-state index in [1.54, 1.807) is 0 Å². The van der Waals surface area contributed by atoms with E-state index in [4.69, 9.17) is 0 Å². The van der Waals surface area contributed by atoms with Crippen LogP contribution in [0.15, 0.2) is 40.9 Å². The molecule has 2 aromatic rings. The topological polar surface area (TPSA) is 12.0 Å². The van der Waals surface area contributed by atoms with Gasteiger partial charge in [0.25, 0.3) is 0 Å². The smallest absolute Gasteiger partial charge is 0.0578 e. The van der Waals surface area contributed by atoms with Gasteiger partial charge < -0.3 is 5.32 Å². The predicted molar refractivity (Wildman–Crippen MR) is 75.2 cm³/mol. The van der Waals surface area contributed by atoms with Crippen molar-refractivity contribution in [2.45, 2.75) is 19.9 Å². The van der Waals surface area contributed by atoms with Crippen molar-refractivity contribution >= 4 is 33.0 Å². The van der Waals surface area contributed by atoms with Crippen LogP contribution in [0, 0.1) is 6.92 Å². The van der Waals surface area contributed by atoms with E-state index in [0.717, 1.165) is 10.2 Å². The summed E-state index contributed by atoms with van der Waals surface area (Å²) in [6.07, 6.45) is 0. The zero-order chi connectivity index (χ0) is 11.5. The molecule has 1 aromatic carbocycles. The number of halogens is 1. The van der Waals surface area contributed by atoms with Gasteiger partial charge in [-0.05, 0) is 44.2 Å². The quantitative estimate of drug-likeness (QED) is 0.841. The number of hydrogen-bond donors (Lipinski definition) is 1. The predicted octanol–water partition coefficient (Wildman–Crippen LogP) is 4.99. The molecule has 1 heterocycles. The second kappa shape index (κ2) is 5.02. The zero-order valence-electron chi connectivity index (χ0n) is 9.33. The zero-order valence-corrected chi connectivity index (χ0v) is 11.7. The van der Waals surface area contributed by atoms with Crippen LogP contribution in [-0.4, -0.2) is 0 Å². The summed E-state index contributed by atoms with van der Waals surface area (Å²) < 4.78 is 1.10. The van der Waals surface area contributed by atoms with Crippen LogP contribution in [0.1, 0.15) is 22.7 Å². The van der Waals surface area contributed by atoms with E-state index in [1.807, 2.05) is 23.5 Å².